The van der Waals surface area contributed by atoms with Crippen LogP contribution >= 0.6 is 0 Å². The summed E-state index contributed by atoms with van der Waals surface area (Å²) in [6.45, 7) is 3.17. The van der Waals surface area contributed by atoms with Crippen LogP contribution in [0.4, 0.5) is 0 Å². The molecule has 0 bridgehead atoms. The van der Waals surface area contributed by atoms with Crippen LogP contribution in [0.1, 0.15) is 20.7 Å². The highest BCUT2D eigenvalue weighted by Crippen LogP contribution is 2.32. The molecule has 0 aromatic heterocycles. The van der Waals surface area contributed by atoms with Crippen LogP contribution in [0.2, 0.25) is 0 Å². The monoisotopic (exact) mass is 403 g/mol. The van der Waals surface area contributed by atoms with Gasteiger partial charge in [0.05, 0.1) is 10.5 Å². The van der Waals surface area contributed by atoms with Gasteiger partial charge in [0.1, 0.15) is 0 Å². The topological polar surface area (TPSA) is 108 Å². The van der Waals surface area contributed by atoms with E-state index in [2.05, 4.69) is 11.3 Å². The Balaban J connectivity index is 1.60. The molecule has 1 heterocycles. The first-order valence-corrected chi connectivity index (χ1v) is 9.69. The van der Waals surface area contributed by atoms with Gasteiger partial charge in [-0.15, -0.1) is 6.58 Å². The van der Waals surface area contributed by atoms with Crippen LogP contribution in [0.5, 0.6) is 11.5 Å². The van der Waals surface area contributed by atoms with Crippen LogP contribution in [0.3, 0.4) is 0 Å². The lowest BCUT2D eigenvalue weighted by molar-refractivity contribution is 0.0474. The van der Waals surface area contributed by atoms with Crippen molar-refractivity contribution in [2.45, 2.75) is 4.90 Å². The molecular formula is C19H17NO7S. The molecule has 28 heavy (non-hydrogen) atoms. The van der Waals surface area contributed by atoms with E-state index >= 15 is 0 Å². The fraction of sp³-hybridized carbons (Fsp3) is 0.158. The Morgan fingerprint density at radius 1 is 1.07 bits per heavy atom. The number of benzene rings is 2. The summed E-state index contributed by atoms with van der Waals surface area (Å²) >= 11 is 0. The molecule has 1 aliphatic rings. The van der Waals surface area contributed by atoms with E-state index in [9.17, 15) is 18.0 Å². The second-order valence-corrected chi connectivity index (χ2v) is 7.50. The molecule has 0 atom stereocenters. The number of sulfonamides is 1. The van der Waals surface area contributed by atoms with Gasteiger partial charge in [-0.3, -0.25) is 4.79 Å². The van der Waals surface area contributed by atoms with Crippen molar-refractivity contribution in [3.63, 3.8) is 0 Å². The van der Waals surface area contributed by atoms with Crippen LogP contribution in [-0.2, 0) is 14.8 Å². The standard InChI is InChI=1S/C19H17NO7S/c1-2-9-20-28(23,24)15-6-3-13(4-7-15)19(22)25-11-16(21)14-5-8-17-18(10-14)27-12-26-17/h2-8,10,20H,1,9,11-12H2. The molecule has 0 saturated carbocycles. The van der Waals surface area contributed by atoms with Crippen molar-refractivity contribution in [2.75, 3.05) is 19.9 Å². The first-order valence-electron chi connectivity index (χ1n) is 8.21. The molecule has 146 valence electrons. The summed E-state index contributed by atoms with van der Waals surface area (Å²) in [7, 11) is -3.68. The molecule has 0 amide bonds. The quantitative estimate of drug-likeness (QED) is 0.407. The number of ketones is 1. The molecule has 0 saturated heterocycles. The molecular weight excluding hydrogens is 386 g/mol. The van der Waals surface area contributed by atoms with Gasteiger partial charge in [-0.25, -0.2) is 17.9 Å². The van der Waals surface area contributed by atoms with E-state index in [0.717, 1.165) is 0 Å². The fourth-order valence-corrected chi connectivity index (χ4v) is 3.39. The van der Waals surface area contributed by atoms with Crippen LogP contribution in [-0.4, -0.2) is 40.1 Å². The van der Waals surface area contributed by atoms with Crippen LogP contribution in [0, 0.1) is 0 Å². The Morgan fingerprint density at radius 3 is 2.46 bits per heavy atom. The summed E-state index contributed by atoms with van der Waals surface area (Å²) in [5.74, 6) is -0.137. The van der Waals surface area contributed by atoms with Crippen molar-refractivity contribution < 1.29 is 32.2 Å². The lowest BCUT2D eigenvalue weighted by Crippen LogP contribution is -2.23. The third-order valence-corrected chi connectivity index (χ3v) is 5.29. The van der Waals surface area contributed by atoms with Gasteiger partial charge >= 0.3 is 5.97 Å². The molecule has 1 aliphatic heterocycles. The SMILES string of the molecule is C=CCNS(=O)(=O)c1ccc(C(=O)OCC(=O)c2ccc3c(c2)OCO3)cc1. The van der Waals surface area contributed by atoms with E-state index in [-0.39, 0.29) is 23.8 Å². The molecule has 8 nitrogen and oxygen atoms in total. The van der Waals surface area contributed by atoms with Gasteiger partial charge in [-0.05, 0) is 42.5 Å². The Kier molecular flexibility index (Phi) is 5.76. The third kappa shape index (κ3) is 4.38. The number of hydrogen-bond donors (Lipinski definition) is 1. The molecule has 1 N–H and O–H groups in total. The predicted molar refractivity (Wildman–Crippen MR) is 99.0 cm³/mol. The van der Waals surface area contributed by atoms with Crippen molar-refractivity contribution in [1.82, 2.24) is 4.72 Å². The Morgan fingerprint density at radius 2 is 1.75 bits per heavy atom. The number of ether oxygens (including phenoxy) is 3. The highest BCUT2D eigenvalue weighted by atomic mass is 32.2. The zero-order valence-electron chi connectivity index (χ0n) is 14.7. The van der Waals surface area contributed by atoms with E-state index in [0.29, 0.717) is 17.1 Å². The largest absolute Gasteiger partial charge is 0.454 e. The van der Waals surface area contributed by atoms with Gasteiger partial charge in [0.25, 0.3) is 0 Å². The lowest BCUT2D eigenvalue weighted by atomic mass is 10.1. The predicted octanol–water partition coefficient (Wildman–Crippen LogP) is 1.92. The zero-order chi connectivity index (χ0) is 20.1. The van der Waals surface area contributed by atoms with E-state index in [4.69, 9.17) is 14.2 Å². The smallest absolute Gasteiger partial charge is 0.338 e. The van der Waals surface area contributed by atoms with E-state index in [1.807, 2.05) is 0 Å². The highest BCUT2D eigenvalue weighted by molar-refractivity contribution is 7.89. The van der Waals surface area contributed by atoms with Crippen molar-refractivity contribution in [3.8, 4) is 11.5 Å². The Hall–Kier alpha value is -3.17. The van der Waals surface area contributed by atoms with Gasteiger partial charge in [-0.1, -0.05) is 6.08 Å². The van der Waals surface area contributed by atoms with Crippen molar-refractivity contribution in [3.05, 3.63) is 66.2 Å². The molecule has 3 rings (SSSR count). The maximum absolute atomic E-state index is 12.2. The number of esters is 1. The summed E-state index contributed by atoms with van der Waals surface area (Å²) in [5.41, 5.74) is 0.452. The first-order chi connectivity index (χ1) is 13.4. The number of carbonyl (C=O) groups excluding carboxylic acids is 2. The van der Waals surface area contributed by atoms with Crippen LogP contribution in [0.25, 0.3) is 0 Å². The van der Waals surface area contributed by atoms with Crippen molar-refractivity contribution >= 4 is 21.8 Å². The maximum Gasteiger partial charge on any atom is 0.338 e. The van der Waals surface area contributed by atoms with Gasteiger partial charge < -0.3 is 14.2 Å². The van der Waals surface area contributed by atoms with E-state index in [1.165, 1.54) is 36.4 Å². The molecule has 0 radical (unpaired) electrons. The summed E-state index contributed by atoms with van der Waals surface area (Å²) in [4.78, 5) is 24.3. The number of rotatable bonds is 8. The van der Waals surface area contributed by atoms with Gasteiger partial charge in [0.15, 0.2) is 23.9 Å². The average Bonchev–Trinajstić information content (AvgIpc) is 3.18. The zero-order valence-corrected chi connectivity index (χ0v) is 15.5. The minimum Gasteiger partial charge on any atom is -0.454 e. The number of hydrogen-bond acceptors (Lipinski definition) is 7. The molecule has 2 aromatic carbocycles. The summed E-state index contributed by atoms with van der Waals surface area (Å²) in [5, 5.41) is 0. The van der Waals surface area contributed by atoms with Crippen LogP contribution in [0.15, 0.2) is 60.0 Å². The minimum atomic E-state index is -3.68. The number of fused-ring (bicyclic) bond motifs is 1. The van der Waals surface area contributed by atoms with Crippen LogP contribution < -0.4 is 14.2 Å². The summed E-state index contributed by atoms with van der Waals surface area (Å²) in [6.07, 6.45) is 1.42. The average molecular weight is 403 g/mol. The van der Waals surface area contributed by atoms with Gasteiger partial charge in [0.2, 0.25) is 16.8 Å². The fourth-order valence-electron chi connectivity index (χ4n) is 2.39. The summed E-state index contributed by atoms with van der Waals surface area (Å²) < 4.78 is 41.7. The molecule has 0 aliphatic carbocycles. The summed E-state index contributed by atoms with van der Waals surface area (Å²) in [6, 6.07) is 9.88. The molecule has 0 spiro atoms. The van der Waals surface area contributed by atoms with Crippen molar-refractivity contribution in [1.29, 1.82) is 0 Å². The minimum absolute atomic E-state index is 0.00216. The third-order valence-electron chi connectivity index (χ3n) is 3.85. The van der Waals surface area contributed by atoms with Gasteiger partial charge in [-0.2, -0.15) is 0 Å². The highest BCUT2D eigenvalue weighted by Gasteiger charge is 2.18. The normalized spacial score (nSPS) is 12.4. The Bertz CT molecular complexity index is 1010. The second-order valence-electron chi connectivity index (χ2n) is 5.73. The second kappa shape index (κ2) is 8.24. The first kappa shape index (κ1) is 19.6. The molecule has 2 aromatic rings. The number of nitrogens with one attached hydrogen (secondary N) is 1. The lowest BCUT2D eigenvalue weighted by Gasteiger charge is -2.07. The Labute approximate surface area is 161 Å². The van der Waals surface area contributed by atoms with E-state index in [1.54, 1.807) is 12.1 Å². The van der Waals surface area contributed by atoms with E-state index < -0.39 is 28.4 Å². The van der Waals surface area contributed by atoms with Gasteiger partial charge in [0, 0.05) is 12.1 Å². The number of Topliss-reactive ketones (excluding diaryl/α,β-unsaturated/α-hetero) is 1. The maximum atomic E-state index is 12.2. The molecule has 0 unspecified atom stereocenters. The number of carbonyl (C=O) groups is 2. The van der Waals surface area contributed by atoms with Crippen molar-refractivity contribution in [2.24, 2.45) is 0 Å². The molecule has 9 heteroatoms. The molecule has 0 fully saturated rings.